The van der Waals surface area contributed by atoms with Crippen molar-refractivity contribution >= 4 is 11.2 Å². The summed E-state index contributed by atoms with van der Waals surface area (Å²) in [6.07, 6.45) is 0. The predicted octanol–water partition coefficient (Wildman–Crippen LogP) is 2.77. The Morgan fingerprint density at radius 3 is 2.72 bits per heavy atom. The van der Waals surface area contributed by atoms with Gasteiger partial charge in [0.1, 0.15) is 11.6 Å². The van der Waals surface area contributed by atoms with Crippen LogP contribution in [0.3, 0.4) is 0 Å². The standard InChI is InChI=1S/C13H10FN3O/c1-18-11-7-6-10-13(16-11)17-12(15-10)8-4-2-3-5-9(8)14/h2-7H,1H3,(H,15,16,17). The van der Waals surface area contributed by atoms with Crippen LogP contribution in [-0.4, -0.2) is 22.1 Å². The lowest BCUT2D eigenvalue weighted by atomic mass is 10.2. The quantitative estimate of drug-likeness (QED) is 0.753. The number of hydrogen-bond donors (Lipinski definition) is 1. The van der Waals surface area contributed by atoms with Crippen molar-refractivity contribution in [2.75, 3.05) is 7.11 Å². The van der Waals surface area contributed by atoms with E-state index in [0.717, 1.165) is 5.52 Å². The van der Waals surface area contributed by atoms with E-state index in [-0.39, 0.29) is 5.82 Å². The Kier molecular flexibility index (Phi) is 2.44. The minimum Gasteiger partial charge on any atom is -0.481 e. The number of nitrogens with zero attached hydrogens (tertiary/aromatic N) is 2. The minimum atomic E-state index is -0.316. The summed E-state index contributed by atoms with van der Waals surface area (Å²) in [5.41, 5.74) is 1.68. The molecule has 0 radical (unpaired) electrons. The van der Waals surface area contributed by atoms with Crippen LogP contribution in [0, 0.1) is 5.82 Å². The Morgan fingerprint density at radius 1 is 1.11 bits per heavy atom. The highest BCUT2D eigenvalue weighted by molar-refractivity contribution is 5.76. The molecule has 0 unspecified atom stereocenters. The molecule has 0 atom stereocenters. The molecule has 0 amide bonds. The molecule has 0 spiro atoms. The van der Waals surface area contributed by atoms with Crippen molar-refractivity contribution < 1.29 is 9.13 Å². The maximum Gasteiger partial charge on any atom is 0.215 e. The summed E-state index contributed by atoms with van der Waals surface area (Å²) in [5, 5.41) is 0. The average Bonchev–Trinajstić information content (AvgIpc) is 2.81. The number of nitrogens with one attached hydrogen (secondary N) is 1. The molecular weight excluding hydrogens is 233 g/mol. The first-order valence-corrected chi connectivity index (χ1v) is 5.43. The largest absolute Gasteiger partial charge is 0.481 e. The SMILES string of the molecule is COc1ccc2[nH]c(-c3ccccc3F)nc2n1. The van der Waals surface area contributed by atoms with Crippen LogP contribution in [0.1, 0.15) is 0 Å². The van der Waals surface area contributed by atoms with Crippen molar-refractivity contribution in [3.8, 4) is 17.3 Å². The number of aromatic nitrogens is 3. The molecule has 2 heterocycles. The monoisotopic (exact) mass is 243 g/mol. The molecule has 0 saturated carbocycles. The highest BCUT2D eigenvalue weighted by Crippen LogP contribution is 2.23. The molecule has 18 heavy (non-hydrogen) atoms. The van der Waals surface area contributed by atoms with E-state index in [9.17, 15) is 4.39 Å². The van der Waals surface area contributed by atoms with Gasteiger partial charge in [-0.1, -0.05) is 12.1 Å². The Morgan fingerprint density at radius 2 is 1.94 bits per heavy atom. The Labute approximate surface area is 102 Å². The predicted molar refractivity (Wildman–Crippen MR) is 65.8 cm³/mol. The summed E-state index contributed by atoms with van der Waals surface area (Å²) in [6, 6.07) is 10.0. The maximum atomic E-state index is 13.6. The fourth-order valence-corrected chi connectivity index (χ4v) is 1.77. The Balaban J connectivity index is 2.17. The molecule has 3 rings (SSSR count). The van der Waals surface area contributed by atoms with Gasteiger partial charge < -0.3 is 9.72 Å². The number of ether oxygens (including phenoxy) is 1. The fraction of sp³-hybridized carbons (Fsp3) is 0.0769. The lowest BCUT2D eigenvalue weighted by Crippen LogP contribution is -1.87. The van der Waals surface area contributed by atoms with Crippen LogP contribution in [0.25, 0.3) is 22.6 Å². The first-order chi connectivity index (χ1) is 8.78. The second-order valence-corrected chi connectivity index (χ2v) is 3.79. The van der Waals surface area contributed by atoms with Gasteiger partial charge in [-0.05, 0) is 18.2 Å². The molecule has 0 aliphatic rings. The average molecular weight is 243 g/mol. The minimum absolute atomic E-state index is 0.316. The van der Waals surface area contributed by atoms with E-state index in [0.29, 0.717) is 22.9 Å². The van der Waals surface area contributed by atoms with Crippen LogP contribution < -0.4 is 4.74 Å². The summed E-state index contributed by atoms with van der Waals surface area (Å²) in [7, 11) is 1.54. The second-order valence-electron chi connectivity index (χ2n) is 3.79. The van der Waals surface area contributed by atoms with Gasteiger partial charge in [0.15, 0.2) is 5.65 Å². The summed E-state index contributed by atoms with van der Waals surface area (Å²) in [4.78, 5) is 11.5. The van der Waals surface area contributed by atoms with Gasteiger partial charge in [-0.15, -0.1) is 0 Å². The smallest absolute Gasteiger partial charge is 0.215 e. The van der Waals surface area contributed by atoms with Gasteiger partial charge in [-0.2, -0.15) is 4.98 Å². The number of aromatic amines is 1. The third-order valence-corrected chi connectivity index (χ3v) is 2.66. The van der Waals surface area contributed by atoms with Crippen LogP contribution in [0.4, 0.5) is 4.39 Å². The van der Waals surface area contributed by atoms with Gasteiger partial charge in [0.25, 0.3) is 0 Å². The van der Waals surface area contributed by atoms with Crippen molar-refractivity contribution in [2.45, 2.75) is 0 Å². The molecule has 90 valence electrons. The number of hydrogen-bond acceptors (Lipinski definition) is 3. The molecule has 2 aromatic heterocycles. The van der Waals surface area contributed by atoms with Crippen molar-refractivity contribution in [3.05, 3.63) is 42.2 Å². The van der Waals surface area contributed by atoms with E-state index in [1.54, 1.807) is 37.4 Å². The van der Waals surface area contributed by atoms with Gasteiger partial charge >= 0.3 is 0 Å². The molecular formula is C13H10FN3O. The first kappa shape index (κ1) is 10.7. The zero-order valence-electron chi connectivity index (χ0n) is 9.64. The Bertz CT molecular complexity index is 708. The van der Waals surface area contributed by atoms with E-state index in [1.165, 1.54) is 6.07 Å². The Hall–Kier alpha value is -2.43. The third kappa shape index (κ3) is 1.69. The maximum absolute atomic E-state index is 13.6. The van der Waals surface area contributed by atoms with Gasteiger partial charge in [0.05, 0.1) is 18.2 Å². The van der Waals surface area contributed by atoms with Crippen molar-refractivity contribution in [2.24, 2.45) is 0 Å². The number of fused-ring (bicyclic) bond motifs is 1. The number of rotatable bonds is 2. The topological polar surface area (TPSA) is 50.8 Å². The molecule has 3 aromatic rings. The van der Waals surface area contributed by atoms with Crippen LogP contribution in [0.15, 0.2) is 36.4 Å². The molecule has 4 nitrogen and oxygen atoms in total. The molecule has 0 aliphatic carbocycles. The van der Waals surface area contributed by atoms with Crippen LogP contribution >= 0.6 is 0 Å². The van der Waals surface area contributed by atoms with Gasteiger partial charge in [-0.25, -0.2) is 9.37 Å². The molecule has 0 fully saturated rings. The number of halogens is 1. The van der Waals surface area contributed by atoms with E-state index in [1.807, 2.05) is 0 Å². The number of methoxy groups -OCH3 is 1. The molecule has 0 saturated heterocycles. The molecule has 1 aromatic carbocycles. The first-order valence-electron chi connectivity index (χ1n) is 5.43. The molecule has 0 bridgehead atoms. The molecule has 0 aliphatic heterocycles. The highest BCUT2D eigenvalue weighted by Gasteiger charge is 2.10. The number of imidazole rings is 1. The second kappa shape index (κ2) is 4.10. The van der Waals surface area contributed by atoms with Crippen molar-refractivity contribution in [1.82, 2.24) is 15.0 Å². The lowest BCUT2D eigenvalue weighted by molar-refractivity contribution is 0.399. The van der Waals surface area contributed by atoms with E-state index >= 15 is 0 Å². The fourth-order valence-electron chi connectivity index (χ4n) is 1.77. The van der Waals surface area contributed by atoms with E-state index < -0.39 is 0 Å². The normalized spacial score (nSPS) is 10.8. The van der Waals surface area contributed by atoms with Crippen LogP contribution in [0.2, 0.25) is 0 Å². The summed E-state index contributed by atoms with van der Waals surface area (Å²) < 4.78 is 18.7. The van der Waals surface area contributed by atoms with Crippen LogP contribution in [-0.2, 0) is 0 Å². The van der Waals surface area contributed by atoms with Gasteiger partial charge in [-0.3, -0.25) is 0 Å². The van der Waals surface area contributed by atoms with Crippen LogP contribution in [0.5, 0.6) is 5.88 Å². The zero-order valence-corrected chi connectivity index (χ0v) is 9.64. The van der Waals surface area contributed by atoms with E-state index in [4.69, 9.17) is 4.74 Å². The number of pyridine rings is 1. The number of benzene rings is 1. The summed E-state index contributed by atoms with van der Waals surface area (Å²) >= 11 is 0. The number of H-pyrrole nitrogens is 1. The lowest BCUT2D eigenvalue weighted by Gasteiger charge is -1.96. The summed E-state index contributed by atoms with van der Waals surface area (Å²) in [6.45, 7) is 0. The zero-order chi connectivity index (χ0) is 12.5. The molecule has 5 heteroatoms. The summed E-state index contributed by atoms with van der Waals surface area (Å²) in [5.74, 6) is 0.626. The molecule has 1 N–H and O–H groups in total. The van der Waals surface area contributed by atoms with Gasteiger partial charge in [0, 0.05) is 6.07 Å². The highest BCUT2D eigenvalue weighted by atomic mass is 19.1. The van der Waals surface area contributed by atoms with E-state index in [2.05, 4.69) is 15.0 Å². The van der Waals surface area contributed by atoms with Crippen molar-refractivity contribution in [3.63, 3.8) is 0 Å². The third-order valence-electron chi connectivity index (χ3n) is 2.66. The van der Waals surface area contributed by atoms with Gasteiger partial charge in [0.2, 0.25) is 5.88 Å². The van der Waals surface area contributed by atoms with Crippen molar-refractivity contribution in [1.29, 1.82) is 0 Å².